The third kappa shape index (κ3) is 2.33. The molecular weight excluding hydrogens is 465 g/mol. The van der Waals surface area contributed by atoms with Crippen LogP contribution in [0.4, 0.5) is 5.69 Å². The van der Waals surface area contributed by atoms with Gasteiger partial charge < -0.3 is 10.1 Å². The van der Waals surface area contributed by atoms with Crippen LogP contribution in [0.25, 0.3) is 0 Å². The van der Waals surface area contributed by atoms with Crippen LogP contribution in [0.5, 0.6) is 0 Å². The normalized spacial score (nSPS) is 25.0. The fourth-order valence-corrected chi connectivity index (χ4v) is 4.66. The van der Waals surface area contributed by atoms with Gasteiger partial charge in [0.05, 0.1) is 9.84 Å². The molecule has 0 amide bonds. The van der Waals surface area contributed by atoms with Gasteiger partial charge in [-0.25, -0.2) is 0 Å². The number of anilines is 1. The van der Waals surface area contributed by atoms with Gasteiger partial charge in [0.1, 0.15) is 5.76 Å². The highest BCUT2D eigenvalue weighted by Gasteiger charge is 2.51. The molecular formula is C19H17BrINO. The number of hydrogen-bond acceptors (Lipinski definition) is 2. The molecule has 2 aromatic rings. The van der Waals surface area contributed by atoms with Crippen molar-refractivity contribution in [2.45, 2.75) is 25.0 Å². The van der Waals surface area contributed by atoms with Crippen molar-refractivity contribution in [2.75, 3.05) is 9.74 Å². The lowest BCUT2D eigenvalue weighted by atomic mass is 9.70. The number of rotatable bonds is 2. The summed E-state index contributed by atoms with van der Waals surface area (Å²) in [6.07, 6.45) is 3.17. The van der Waals surface area contributed by atoms with Crippen molar-refractivity contribution in [3.8, 4) is 0 Å². The van der Waals surface area contributed by atoms with Crippen molar-refractivity contribution in [1.82, 2.24) is 0 Å². The summed E-state index contributed by atoms with van der Waals surface area (Å²) < 4.78 is 8.31. The van der Waals surface area contributed by atoms with E-state index in [1.807, 2.05) is 0 Å². The predicted octanol–water partition coefficient (Wildman–Crippen LogP) is 5.53. The Morgan fingerprint density at radius 1 is 1.26 bits per heavy atom. The molecule has 2 nitrogen and oxygen atoms in total. The molecule has 23 heavy (non-hydrogen) atoms. The quantitative estimate of drug-likeness (QED) is 0.449. The topological polar surface area (TPSA) is 21.3 Å². The first-order chi connectivity index (χ1) is 11.1. The first-order valence-corrected chi connectivity index (χ1v) is 10.0. The minimum Gasteiger partial charge on any atom is -0.473 e. The number of alkyl halides is 1. The van der Waals surface area contributed by atoms with Crippen molar-refractivity contribution >= 4 is 44.2 Å². The minimum atomic E-state index is -0.156. The van der Waals surface area contributed by atoms with Crippen LogP contribution in [0.15, 0.2) is 58.8 Å². The van der Waals surface area contributed by atoms with Crippen molar-refractivity contribution < 1.29 is 4.74 Å². The number of benzene rings is 2. The minimum absolute atomic E-state index is 0.0531. The number of hydrogen-bond donors (Lipinski definition) is 1. The lowest BCUT2D eigenvalue weighted by Crippen LogP contribution is -2.44. The Bertz CT molecular complexity index is 804. The lowest BCUT2D eigenvalue weighted by molar-refractivity contribution is 0.0765. The monoisotopic (exact) mass is 481 g/mol. The summed E-state index contributed by atoms with van der Waals surface area (Å²) in [5.41, 5.74) is 4.99. The van der Waals surface area contributed by atoms with E-state index in [9.17, 15) is 0 Å². The van der Waals surface area contributed by atoms with Crippen LogP contribution >= 0.6 is 38.5 Å². The van der Waals surface area contributed by atoms with E-state index in [1.54, 1.807) is 0 Å². The molecule has 2 aromatic carbocycles. The molecule has 0 saturated carbocycles. The average Bonchev–Trinajstić information content (AvgIpc) is 2.88. The number of aryl methyl sites for hydroxylation is 1. The highest BCUT2D eigenvalue weighted by atomic mass is 127. The van der Waals surface area contributed by atoms with E-state index in [1.165, 1.54) is 16.7 Å². The molecule has 0 aromatic heterocycles. The van der Waals surface area contributed by atoms with Gasteiger partial charge in [-0.2, -0.15) is 0 Å². The van der Waals surface area contributed by atoms with E-state index in [-0.39, 0.29) is 11.6 Å². The van der Waals surface area contributed by atoms with E-state index >= 15 is 0 Å². The van der Waals surface area contributed by atoms with Gasteiger partial charge in [-0.15, -0.1) is 0 Å². The second-order valence-electron chi connectivity index (χ2n) is 6.13. The Balaban J connectivity index is 1.95. The van der Waals surface area contributed by atoms with Crippen LogP contribution < -0.4 is 5.32 Å². The van der Waals surface area contributed by atoms with Crippen molar-refractivity contribution in [1.29, 1.82) is 0 Å². The molecule has 1 N–H and O–H groups in total. The van der Waals surface area contributed by atoms with Gasteiger partial charge >= 0.3 is 0 Å². The first kappa shape index (κ1) is 15.5. The van der Waals surface area contributed by atoms with Gasteiger partial charge in [-0.1, -0.05) is 68.9 Å². The smallest absolute Gasteiger partial charge is 0.183 e. The van der Waals surface area contributed by atoms with Crippen LogP contribution in [0.2, 0.25) is 0 Å². The van der Waals surface area contributed by atoms with Crippen molar-refractivity contribution in [2.24, 2.45) is 0 Å². The van der Waals surface area contributed by atoms with Gasteiger partial charge in [0, 0.05) is 10.2 Å². The highest BCUT2D eigenvalue weighted by molar-refractivity contribution is 14.1. The second kappa shape index (κ2) is 5.81. The maximum Gasteiger partial charge on any atom is 0.183 e. The molecule has 0 saturated heterocycles. The van der Waals surface area contributed by atoms with Gasteiger partial charge in [0.25, 0.3) is 0 Å². The lowest BCUT2D eigenvalue weighted by Gasteiger charge is -2.40. The third-order valence-corrected chi connectivity index (χ3v) is 6.12. The molecule has 4 heteroatoms. The second-order valence-corrected chi connectivity index (χ2v) is 7.81. The Hall–Kier alpha value is -1.01. The highest BCUT2D eigenvalue weighted by Crippen LogP contribution is 2.52. The Morgan fingerprint density at radius 2 is 2.09 bits per heavy atom. The SMILES string of the molecule is Cc1ccccc1[C@@]12CC=C(CI)OC1Nc1cc(Br)ccc12. The summed E-state index contributed by atoms with van der Waals surface area (Å²) in [6, 6.07) is 15.2. The Morgan fingerprint density at radius 3 is 2.87 bits per heavy atom. The summed E-state index contributed by atoms with van der Waals surface area (Å²) in [6.45, 7) is 2.19. The number of ether oxygens (including phenoxy) is 1. The van der Waals surface area contributed by atoms with Crippen LogP contribution in [-0.4, -0.2) is 10.7 Å². The van der Waals surface area contributed by atoms with E-state index in [0.717, 1.165) is 26.8 Å². The maximum atomic E-state index is 6.32. The van der Waals surface area contributed by atoms with E-state index < -0.39 is 0 Å². The fourth-order valence-electron chi connectivity index (χ4n) is 3.81. The summed E-state index contributed by atoms with van der Waals surface area (Å²) in [4.78, 5) is 0. The van der Waals surface area contributed by atoms with Crippen LogP contribution in [0, 0.1) is 6.92 Å². The van der Waals surface area contributed by atoms with Gasteiger partial charge in [-0.3, -0.25) is 0 Å². The molecule has 1 unspecified atom stereocenters. The number of nitrogens with one attached hydrogen (secondary N) is 1. The number of allylic oxidation sites excluding steroid dienone is 2. The van der Waals surface area contributed by atoms with Gasteiger partial charge in [0.15, 0.2) is 6.23 Å². The predicted molar refractivity (Wildman–Crippen MR) is 106 cm³/mol. The van der Waals surface area contributed by atoms with Gasteiger partial charge in [-0.05, 0) is 48.2 Å². The third-order valence-electron chi connectivity index (χ3n) is 4.87. The molecule has 0 fully saturated rings. The number of fused-ring (bicyclic) bond motifs is 3. The van der Waals surface area contributed by atoms with Crippen LogP contribution in [0.3, 0.4) is 0 Å². The molecule has 2 aliphatic heterocycles. The summed E-state index contributed by atoms with van der Waals surface area (Å²) in [7, 11) is 0. The molecule has 0 bridgehead atoms. The molecule has 4 rings (SSSR count). The molecule has 0 radical (unpaired) electrons. The Labute approximate surface area is 158 Å². The van der Waals surface area contributed by atoms with Crippen molar-refractivity contribution in [3.63, 3.8) is 0 Å². The fraction of sp³-hybridized carbons (Fsp3) is 0.263. The van der Waals surface area contributed by atoms with Crippen molar-refractivity contribution in [3.05, 3.63) is 75.5 Å². The number of halogens is 2. The molecule has 0 spiro atoms. The maximum absolute atomic E-state index is 6.32. The average molecular weight is 482 g/mol. The van der Waals surface area contributed by atoms with Crippen LogP contribution in [0.1, 0.15) is 23.1 Å². The first-order valence-electron chi connectivity index (χ1n) is 7.69. The molecule has 118 valence electrons. The zero-order valence-electron chi connectivity index (χ0n) is 12.8. The standard InChI is InChI=1S/C19H17BrINO/c1-12-4-2-3-5-15(12)19-9-8-14(11-21)23-18(19)22-17-10-13(20)6-7-16(17)19/h2-8,10,18,22H,9,11H2,1H3/t18?,19-/m1/s1. The van der Waals surface area contributed by atoms with Gasteiger partial charge in [0.2, 0.25) is 0 Å². The molecule has 2 aliphatic rings. The van der Waals surface area contributed by atoms with Crippen LogP contribution in [-0.2, 0) is 10.2 Å². The van der Waals surface area contributed by atoms with E-state index in [0.29, 0.717) is 0 Å². The van der Waals surface area contributed by atoms with E-state index in [4.69, 9.17) is 4.74 Å². The molecule has 2 heterocycles. The summed E-state index contributed by atoms with van der Waals surface area (Å²) >= 11 is 5.95. The van der Waals surface area contributed by atoms with E-state index in [2.05, 4.69) is 99.3 Å². The summed E-state index contributed by atoms with van der Waals surface area (Å²) in [5, 5.41) is 3.61. The molecule has 0 aliphatic carbocycles. The molecule has 2 atom stereocenters. The Kier molecular flexibility index (Phi) is 3.92. The summed E-state index contributed by atoms with van der Waals surface area (Å²) in [5.74, 6) is 1.07. The largest absolute Gasteiger partial charge is 0.473 e. The zero-order valence-corrected chi connectivity index (χ0v) is 16.5. The zero-order chi connectivity index (χ0) is 16.0.